The summed E-state index contributed by atoms with van der Waals surface area (Å²) in [5.74, 6) is 0. The second kappa shape index (κ2) is 6.67. The molecule has 1 aliphatic rings. The van der Waals surface area contributed by atoms with Crippen molar-refractivity contribution in [2.75, 3.05) is 0 Å². The zero-order valence-corrected chi connectivity index (χ0v) is 10.9. The number of hydrogen-bond donors (Lipinski definition) is 0. The molecule has 0 bridgehead atoms. The minimum Gasteiger partial charge on any atom is -0.293 e. The molecule has 1 rings (SSSR count). The van der Waals surface area contributed by atoms with Crippen LogP contribution in [0.2, 0.25) is 0 Å². The van der Waals surface area contributed by atoms with Crippen LogP contribution in [0.25, 0.3) is 0 Å². The molecule has 0 aromatic carbocycles. The Kier molecular flexibility index (Phi) is 5.51. The van der Waals surface area contributed by atoms with Crippen molar-refractivity contribution in [2.24, 2.45) is 10.4 Å². The molecule has 0 N–H and O–H groups in total. The third kappa shape index (κ3) is 5.29. The molecule has 1 heterocycles. The number of allylic oxidation sites excluding steroid dienone is 3. The first-order valence-corrected chi connectivity index (χ1v) is 6.48. The van der Waals surface area contributed by atoms with Crippen LogP contribution >= 0.6 is 0 Å². The third-order valence-corrected chi connectivity index (χ3v) is 2.99. The van der Waals surface area contributed by atoms with E-state index in [4.69, 9.17) is 4.99 Å². The van der Waals surface area contributed by atoms with Gasteiger partial charge in [-0.2, -0.15) is 0 Å². The van der Waals surface area contributed by atoms with Crippen LogP contribution in [-0.4, -0.2) is 12.3 Å². The lowest BCUT2D eigenvalue weighted by molar-refractivity contribution is 0.534. The first-order valence-electron chi connectivity index (χ1n) is 6.48. The summed E-state index contributed by atoms with van der Waals surface area (Å²) >= 11 is 0. The maximum atomic E-state index is 4.72. The molecule has 90 valence electrons. The van der Waals surface area contributed by atoms with E-state index in [1.54, 1.807) is 0 Å². The first kappa shape index (κ1) is 13.2. The summed E-state index contributed by atoms with van der Waals surface area (Å²) in [6.45, 7) is 6.74. The molecule has 0 fully saturated rings. The minimum atomic E-state index is 0.201. The Morgan fingerprint density at radius 3 is 2.50 bits per heavy atom. The molecule has 1 heteroatoms. The van der Waals surface area contributed by atoms with Gasteiger partial charge in [-0.05, 0) is 32.1 Å². The van der Waals surface area contributed by atoms with Crippen LogP contribution in [0.4, 0.5) is 0 Å². The van der Waals surface area contributed by atoms with Crippen LogP contribution in [0.5, 0.6) is 0 Å². The van der Waals surface area contributed by atoms with Gasteiger partial charge in [-0.25, -0.2) is 0 Å². The summed E-state index contributed by atoms with van der Waals surface area (Å²) in [4.78, 5) is 4.72. The number of hydrogen-bond acceptors (Lipinski definition) is 1. The first-order chi connectivity index (χ1) is 7.64. The van der Waals surface area contributed by atoms with Gasteiger partial charge in [0.2, 0.25) is 0 Å². The van der Waals surface area contributed by atoms with Crippen molar-refractivity contribution in [2.45, 2.75) is 58.9 Å². The maximum absolute atomic E-state index is 4.72. The van der Waals surface area contributed by atoms with E-state index in [9.17, 15) is 0 Å². The van der Waals surface area contributed by atoms with Gasteiger partial charge in [0.1, 0.15) is 0 Å². The van der Waals surface area contributed by atoms with Gasteiger partial charge in [-0.15, -0.1) is 0 Å². The molecule has 0 spiro atoms. The van der Waals surface area contributed by atoms with E-state index >= 15 is 0 Å². The molecule has 16 heavy (non-hydrogen) atoms. The SMILES string of the molecule is CCC1CC=CCCC=CCC(C)(C)C=N1. The molecule has 0 aromatic rings. The quantitative estimate of drug-likeness (QED) is 0.574. The third-order valence-electron chi connectivity index (χ3n) is 2.99. The lowest BCUT2D eigenvalue weighted by atomic mass is 9.90. The maximum Gasteiger partial charge on any atom is 0.0527 e. The van der Waals surface area contributed by atoms with Gasteiger partial charge in [-0.3, -0.25) is 4.99 Å². The van der Waals surface area contributed by atoms with Crippen LogP contribution < -0.4 is 0 Å². The number of aliphatic imine (C=N–C) groups is 1. The monoisotopic (exact) mass is 219 g/mol. The van der Waals surface area contributed by atoms with E-state index in [1.165, 1.54) is 6.42 Å². The second-order valence-electron chi connectivity index (χ2n) is 5.29. The highest BCUT2D eigenvalue weighted by Crippen LogP contribution is 2.20. The Morgan fingerprint density at radius 2 is 1.81 bits per heavy atom. The van der Waals surface area contributed by atoms with Crippen molar-refractivity contribution in [1.29, 1.82) is 0 Å². The summed E-state index contributed by atoms with van der Waals surface area (Å²) in [5, 5.41) is 0. The van der Waals surface area contributed by atoms with Gasteiger partial charge in [0, 0.05) is 11.6 Å². The predicted octanol–water partition coefficient (Wildman–Crippen LogP) is 4.55. The van der Waals surface area contributed by atoms with Crippen LogP contribution in [0, 0.1) is 5.41 Å². The number of nitrogens with zero attached hydrogens (tertiary/aromatic N) is 1. The lowest BCUT2D eigenvalue weighted by Gasteiger charge is -2.18. The van der Waals surface area contributed by atoms with E-state index in [-0.39, 0.29) is 5.41 Å². The molecular weight excluding hydrogens is 194 g/mol. The molecule has 0 radical (unpaired) electrons. The van der Waals surface area contributed by atoms with Crippen LogP contribution in [0.1, 0.15) is 52.9 Å². The summed E-state index contributed by atoms with van der Waals surface area (Å²) in [7, 11) is 0. The highest BCUT2D eigenvalue weighted by atomic mass is 14.8. The van der Waals surface area contributed by atoms with Gasteiger partial charge in [0.25, 0.3) is 0 Å². The molecule has 0 saturated heterocycles. The van der Waals surface area contributed by atoms with Crippen LogP contribution in [-0.2, 0) is 0 Å². The predicted molar refractivity (Wildman–Crippen MR) is 73.1 cm³/mol. The molecule has 0 amide bonds. The summed E-state index contributed by atoms with van der Waals surface area (Å²) in [5.41, 5.74) is 0.201. The fourth-order valence-electron chi connectivity index (χ4n) is 1.76. The van der Waals surface area contributed by atoms with E-state index in [2.05, 4.69) is 51.3 Å². The summed E-state index contributed by atoms with van der Waals surface area (Å²) in [6.07, 6.45) is 17.0. The Labute approximate surface area is 100 Å². The lowest BCUT2D eigenvalue weighted by Crippen LogP contribution is -2.14. The van der Waals surface area contributed by atoms with Gasteiger partial charge >= 0.3 is 0 Å². The van der Waals surface area contributed by atoms with Crippen LogP contribution in [0.3, 0.4) is 0 Å². The van der Waals surface area contributed by atoms with Gasteiger partial charge in [0.05, 0.1) is 6.04 Å². The normalized spacial score (nSPS) is 26.1. The zero-order valence-electron chi connectivity index (χ0n) is 10.9. The molecule has 0 aromatic heterocycles. The fraction of sp³-hybridized carbons (Fsp3) is 0.667. The van der Waals surface area contributed by atoms with Crippen molar-refractivity contribution < 1.29 is 0 Å². The highest BCUT2D eigenvalue weighted by Gasteiger charge is 2.13. The Bertz CT molecular complexity index is 271. The zero-order chi connectivity index (χ0) is 11.9. The van der Waals surface area contributed by atoms with Gasteiger partial charge in [0.15, 0.2) is 0 Å². The molecule has 0 aliphatic carbocycles. The molecule has 1 aliphatic heterocycles. The molecule has 0 saturated carbocycles. The fourth-order valence-corrected chi connectivity index (χ4v) is 1.76. The Hall–Kier alpha value is -0.850. The van der Waals surface area contributed by atoms with Gasteiger partial charge in [-0.1, -0.05) is 45.1 Å². The number of rotatable bonds is 1. The average molecular weight is 219 g/mol. The van der Waals surface area contributed by atoms with E-state index < -0.39 is 0 Å². The van der Waals surface area contributed by atoms with Crippen molar-refractivity contribution in [3.63, 3.8) is 0 Å². The van der Waals surface area contributed by atoms with Crippen molar-refractivity contribution >= 4 is 6.21 Å². The smallest absolute Gasteiger partial charge is 0.0527 e. The molecule has 1 nitrogen and oxygen atoms in total. The van der Waals surface area contributed by atoms with Crippen LogP contribution in [0.15, 0.2) is 29.3 Å². The summed E-state index contributed by atoms with van der Waals surface area (Å²) in [6, 6.07) is 0.471. The molecular formula is C15H25N. The largest absolute Gasteiger partial charge is 0.293 e. The second-order valence-corrected chi connectivity index (χ2v) is 5.29. The average Bonchev–Trinajstić information content (AvgIpc) is 2.24. The minimum absolute atomic E-state index is 0.201. The van der Waals surface area contributed by atoms with E-state index in [0.717, 1.165) is 25.7 Å². The van der Waals surface area contributed by atoms with Crippen molar-refractivity contribution in [3.05, 3.63) is 24.3 Å². The summed E-state index contributed by atoms with van der Waals surface area (Å²) < 4.78 is 0. The Morgan fingerprint density at radius 1 is 1.12 bits per heavy atom. The van der Waals surface area contributed by atoms with Gasteiger partial charge < -0.3 is 0 Å². The van der Waals surface area contributed by atoms with Crippen molar-refractivity contribution in [1.82, 2.24) is 0 Å². The highest BCUT2D eigenvalue weighted by molar-refractivity contribution is 5.65. The standard InChI is InChI=1S/C15H25N/c1-4-14-11-9-7-5-6-8-10-12-15(2,3)13-16-14/h7-10,13-14H,4-6,11-12H2,1-3H3. The topological polar surface area (TPSA) is 12.4 Å². The molecule has 1 unspecified atom stereocenters. The Balaban J connectivity index is 2.71. The van der Waals surface area contributed by atoms with Crippen molar-refractivity contribution in [3.8, 4) is 0 Å². The van der Waals surface area contributed by atoms with E-state index in [0.29, 0.717) is 6.04 Å². The van der Waals surface area contributed by atoms with E-state index in [1.807, 2.05) is 0 Å². The molecule has 1 atom stereocenters.